The van der Waals surface area contributed by atoms with Gasteiger partial charge >= 0.3 is 5.97 Å². The third kappa shape index (κ3) is 5.02. The number of hydrogen-bond acceptors (Lipinski definition) is 3. The lowest BCUT2D eigenvalue weighted by Gasteiger charge is -2.27. The second-order valence-corrected chi connectivity index (χ2v) is 7.94. The van der Waals surface area contributed by atoms with E-state index in [4.69, 9.17) is 5.11 Å². The molecule has 0 heterocycles. The Kier molecular flexibility index (Phi) is 6.32. The largest absolute Gasteiger partial charge is 0.481 e. The van der Waals surface area contributed by atoms with Gasteiger partial charge in [-0.2, -0.15) is 0 Å². The second kappa shape index (κ2) is 8.02. The van der Waals surface area contributed by atoms with Gasteiger partial charge in [0.2, 0.25) is 5.91 Å². The summed E-state index contributed by atoms with van der Waals surface area (Å²) in [5, 5.41) is 11.9. The summed E-state index contributed by atoms with van der Waals surface area (Å²) in [6.45, 7) is 1.89. The lowest BCUT2D eigenvalue weighted by Crippen LogP contribution is -2.42. The number of benzene rings is 1. The minimum Gasteiger partial charge on any atom is -0.481 e. The van der Waals surface area contributed by atoms with Crippen molar-refractivity contribution in [3.8, 4) is 0 Å². The van der Waals surface area contributed by atoms with Gasteiger partial charge in [0.05, 0.1) is 11.2 Å². The average Bonchev–Trinajstić information content (AvgIpc) is 2.50. The molecule has 1 saturated carbocycles. The maximum Gasteiger partial charge on any atom is 0.306 e. The van der Waals surface area contributed by atoms with Crippen LogP contribution in [0.25, 0.3) is 0 Å². The zero-order valence-electron chi connectivity index (χ0n) is 12.4. The van der Waals surface area contributed by atoms with E-state index in [1.54, 1.807) is 0 Å². The lowest BCUT2D eigenvalue weighted by molar-refractivity contribution is -0.142. The number of aliphatic carboxylic acids is 1. The highest BCUT2D eigenvalue weighted by atomic mass is 79.9. The van der Waals surface area contributed by atoms with E-state index in [0.29, 0.717) is 12.8 Å². The number of halogens is 1. The van der Waals surface area contributed by atoms with Crippen molar-refractivity contribution in [2.45, 2.75) is 48.8 Å². The molecule has 4 nitrogen and oxygen atoms in total. The number of carbonyl (C=O) groups excluding carboxylic acids is 1. The lowest BCUT2D eigenvalue weighted by atomic mass is 9.86. The fourth-order valence-corrected chi connectivity index (χ4v) is 3.71. The van der Waals surface area contributed by atoms with Crippen LogP contribution >= 0.6 is 27.7 Å². The Hall–Kier alpha value is -1.01. The summed E-state index contributed by atoms with van der Waals surface area (Å²) in [4.78, 5) is 24.2. The van der Waals surface area contributed by atoms with E-state index in [1.807, 2.05) is 31.2 Å². The average molecular weight is 386 g/mol. The molecule has 0 spiro atoms. The van der Waals surface area contributed by atoms with Gasteiger partial charge in [-0.1, -0.05) is 15.9 Å². The van der Waals surface area contributed by atoms with Crippen molar-refractivity contribution in [1.29, 1.82) is 0 Å². The molecule has 1 aromatic carbocycles. The van der Waals surface area contributed by atoms with Gasteiger partial charge < -0.3 is 10.4 Å². The van der Waals surface area contributed by atoms with Gasteiger partial charge in [-0.3, -0.25) is 9.59 Å². The van der Waals surface area contributed by atoms with Gasteiger partial charge in [0, 0.05) is 15.4 Å². The van der Waals surface area contributed by atoms with Gasteiger partial charge in [-0.05, 0) is 56.9 Å². The van der Waals surface area contributed by atoms with Gasteiger partial charge in [-0.15, -0.1) is 11.8 Å². The van der Waals surface area contributed by atoms with Crippen molar-refractivity contribution >= 4 is 39.6 Å². The fourth-order valence-electron chi connectivity index (χ4n) is 2.57. The quantitative estimate of drug-likeness (QED) is 0.758. The molecule has 1 unspecified atom stereocenters. The monoisotopic (exact) mass is 385 g/mol. The normalized spacial score (nSPS) is 22.8. The molecule has 6 heteroatoms. The molecule has 1 amide bonds. The number of thioether (sulfide) groups is 1. The Balaban J connectivity index is 1.79. The number of carboxylic acid groups (broad SMARTS) is 1. The molecule has 1 fully saturated rings. The molecule has 1 aliphatic carbocycles. The Morgan fingerprint density at radius 1 is 1.23 bits per heavy atom. The number of carboxylic acids is 1. The molecular formula is C16H20BrNO3S. The molecule has 120 valence electrons. The van der Waals surface area contributed by atoms with Crippen molar-refractivity contribution in [2.75, 3.05) is 0 Å². The van der Waals surface area contributed by atoms with E-state index in [9.17, 15) is 9.59 Å². The molecule has 0 aromatic heterocycles. The van der Waals surface area contributed by atoms with Crippen LogP contribution in [0.15, 0.2) is 33.6 Å². The molecule has 0 radical (unpaired) electrons. The summed E-state index contributed by atoms with van der Waals surface area (Å²) < 4.78 is 1.02. The van der Waals surface area contributed by atoms with E-state index in [1.165, 1.54) is 11.8 Å². The Bertz CT molecular complexity index is 527. The standard InChI is InChI=1S/C16H20BrNO3S/c1-10(22-14-8-4-12(17)5-9-14)15(19)18-13-6-2-11(3-7-13)16(20)21/h4-5,8-11,13H,2-3,6-7H2,1H3,(H,18,19)(H,20,21). The number of rotatable bonds is 5. The Morgan fingerprint density at radius 2 is 1.82 bits per heavy atom. The molecule has 2 rings (SSSR count). The summed E-state index contributed by atoms with van der Waals surface area (Å²) in [5.74, 6) is -0.946. The van der Waals surface area contributed by atoms with Crippen LogP contribution in [0.3, 0.4) is 0 Å². The molecule has 1 aliphatic rings. The van der Waals surface area contributed by atoms with Crippen molar-refractivity contribution in [3.05, 3.63) is 28.7 Å². The predicted molar refractivity (Wildman–Crippen MR) is 91.0 cm³/mol. The first kappa shape index (κ1) is 17.3. The summed E-state index contributed by atoms with van der Waals surface area (Å²) in [6.07, 6.45) is 2.79. The number of carbonyl (C=O) groups is 2. The van der Waals surface area contributed by atoms with E-state index in [2.05, 4.69) is 21.2 Å². The highest BCUT2D eigenvalue weighted by Gasteiger charge is 2.27. The zero-order chi connectivity index (χ0) is 16.1. The van der Waals surface area contributed by atoms with Gasteiger partial charge in [0.15, 0.2) is 0 Å². The van der Waals surface area contributed by atoms with Crippen molar-refractivity contribution < 1.29 is 14.7 Å². The summed E-state index contributed by atoms with van der Waals surface area (Å²) in [5.41, 5.74) is 0. The smallest absolute Gasteiger partial charge is 0.306 e. The molecule has 22 heavy (non-hydrogen) atoms. The molecule has 0 bridgehead atoms. The van der Waals surface area contributed by atoms with Crippen LogP contribution in [0.1, 0.15) is 32.6 Å². The molecular weight excluding hydrogens is 366 g/mol. The van der Waals surface area contributed by atoms with Crippen LogP contribution in [-0.2, 0) is 9.59 Å². The minimum absolute atomic E-state index is 0.0201. The highest BCUT2D eigenvalue weighted by molar-refractivity contribution is 9.10. The summed E-state index contributed by atoms with van der Waals surface area (Å²) in [6, 6.07) is 7.99. The van der Waals surface area contributed by atoms with Gasteiger partial charge in [0.25, 0.3) is 0 Å². The van der Waals surface area contributed by atoms with Crippen LogP contribution in [-0.4, -0.2) is 28.3 Å². The first-order chi connectivity index (χ1) is 10.5. The Labute approximate surface area is 143 Å². The zero-order valence-corrected chi connectivity index (χ0v) is 14.8. The second-order valence-electron chi connectivity index (χ2n) is 5.61. The van der Waals surface area contributed by atoms with Crippen molar-refractivity contribution in [2.24, 2.45) is 5.92 Å². The first-order valence-corrected chi connectivity index (χ1v) is 9.08. The summed E-state index contributed by atoms with van der Waals surface area (Å²) in [7, 11) is 0. The maximum atomic E-state index is 12.2. The first-order valence-electron chi connectivity index (χ1n) is 7.41. The van der Waals surface area contributed by atoms with Crippen LogP contribution < -0.4 is 5.32 Å². The topological polar surface area (TPSA) is 66.4 Å². The molecule has 1 atom stereocenters. The number of amides is 1. The SMILES string of the molecule is CC(Sc1ccc(Br)cc1)C(=O)NC1CCC(C(=O)O)CC1. The van der Waals surface area contributed by atoms with E-state index < -0.39 is 5.97 Å². The van der Waals surface area contributed by atoms with Crippen LogP contribution in [0.2, 0.25) is 0 Å². The highest BCUT2D eigenvalue weighted by Crippen LogP contribution is 2.27. The van der Waals surface area contributed by atoms with Crippen LogP contribution in [0, 0.1) is 5.92 Å². The van der Waals surface area contributed by atoms with Crippen LogP contribution in [0.4, 0.5) is 0 Å². The third-order valence-corrected chi connectivity index (χ3v) is 5.56. The Morgan fingerprint density at radius 3 is 2.36 bits per heavy atom. The molecule has 1 aromatic rings. The van der Waals surface area contributed by atoms with Gasteiger partial charge in [0.1, 0.15) is 0 Å². The van der Waals surface area contributed by atoms with E-state index in [0.717, 1.165) is 22.2 Å². The number of hydrogen-bond donors (Lipinski definition) is 2. The van der Waals surface area contributed by atoms with Crippen molar-refractivity contribution in [1.82, 2.24) is 5.32 Å². The van der Waals surface area contributed by atoms with E-state index >= 15 is 0 Å². The predicted octanol–water partition coefficient (Wildman–Crippen LogP) is 3.69. The van der Waals surface area contributed by atoms with Crippen LogP contribution in [0.5, 0.6) is 0 Å². The fraction of sp³-hybridized carbons (Fsp3) is 0.500. The third-order valence-electron chi connectivity index (χ3n) is 3.92. The minimum atomic E-state index is -0.719. The van der Waals surface area contributed by atoms with Crippen molar-refractivity contribution in [3.63, 3.8) is 0 Å². The maximum absolute atomic E-state index is 12.2. The summed E-state index contributed by atoms with van der Waals surface area (Å²) >= 11 is 4.92. The molecule has 2 N–H and O–H groups in total. The van der Waals surface area contributed by atoms with E-state index in [-0.39, 0.29) is 23.1 Å². The molecule has 0 aliphatic heterocycles. The molecule has 0 saturated heterocycles. The van der Waals surface area contributed by atoms with Gasteiger partial charge in [-0.25, -0.2) is 0 Å². The number of nitrogens with one attached hydrogen (secondary N) is 1.